The number of nitrogen functional groups attached to an aromatic ring is 1. The normalized spacial score (nSPS) is 29.6. The molecule has 0 radical (unpaired) electrons. The fourth-order valence-electron chi connectivity index (χ4n) is 3.40. The summed E-state index contributed by atoms with van der Waals surface area (Å²) in [7, 11) is 0. The van der Waals surface area contributed by atoms with Gasteiger partial charge in [-0.15, -0.1) is 0 Å². The van der Waals surface area contributed by atoms with E-state index in [0.29, 0.717) is 19.0 Å². The maximum Gasteiger partial charge on any atom is 0.280 e. The number of aliphatic hydroxyl groups excluding tert-OH is 3. The molecule has 142 valence electrons. The zero-order valence-corrected chi connectivity index (χ0v) is 13.9. The van der Waals surface area contributed by atoms with Gasteiger partial charge < -0.3 is 36.0 Å². The molecule has 2 aliphatic rings. The van der Waals surface area contributed by atoms with Crippen LogP contribution in [0, 0.1) is 0 Å². The molecule has 0 amide bonds. The third kappa shape index (κ3) is 2.62. The molecule has 0 aliphatic carbocycles. The first-order chi connectivity index (χ1) is 12.5. The summed E-state index contributed by atoms with van der Waals surface area (Å²) >= 11 is 0. The van der Waals surface area contributed by atoms with Crippen molar-refractivity contribution in [3.63, 3.8) is 0 Å². The van der Waals surface area contributed by atoms with Crippen molar-refractivity contribution in [1.82, 2.24) is 24.8 Å². The van der Waals surface area contributed by atoms with Crippen LogP contribution in [0.1, 0.15) is 6.23 Å². The molecule has 2 aliphatic heterocycles. The number of nitrogens with zero attached hydrogens (tertiary/aromatic N) is 4. The average molecular weight is 367 g/mol. The second-order valence-corrected chi connectivity index (χ2v) is 6.37. The van der Waals surface area contributed by atoms with E-state index in [9.17, 15) is 20.1 Å². The Morgan fingerprint density at radius 3 is 2.62 bits per heavy atom. The van der Waals surface area contributed by atoms with Crippen LogP contribution in [0.25, 0.3) is 11.2 Å². The summed E-state index contributed by atoms with van der Waals surface area (Å²) in [5.74, 6) is 0.294. The summed E-state index contributed by atoms with van der Waals surface area (Å²) < 4.78 is 7.10. The number of aliphatic hydroxyl groups is 3. The molecule has 0 bridgehead atoms. The molecule has 4 atom stereocenters. The Hall–Kier alpha value is -2.25. The van der Waals surface area contributed by atoms with Gasteiger partial charge in [-0.3, -0.25) is 14.3 Å². The number of piperazine rings is 1. The largest absolute Gasteiger partial charge is 0.394 e. The maximum atomic E-state index is 12.3. The molecule has 7 N–H and O–H groups in total. The molecule has 12 nitrogen and oxygen atoms in total. The predicted octanol–water partition coefficient (Wildman–Crippen LogP) is -3.28. The van der Waals surface area contributed by atoms with Crippen LogP contribution in [-0.2, 0) is 4.74 Å². The van der Waals surface area contributed by atoms with E-state index < -0.39 is 36.7 Å². The van der Waals surface area contributed by atoms with E-state index in [4.69, 9.17) is 10.5 Å². The summed E-state index contributed by atoms with van der Waals surface area (Å²) in [5.41, 5.74) is 5.37. The first kappa shape index (κ1) is 17.2. The molecule has 26 heavy (non-hydrogen) atoms. The molecule has 0 saturated carbocycles. The number of fused-ring (bicyclic) bond motifs is 1. The van der Waals surface area contributed by atoms with Gasteiger partial charge in [-0.05, 0) is 0 Å². The molecule has 0 unspecified atom stereocenters. The zero-order chi connectivity index (χ0) is 18.4. The van der Waals surface area contributed by atoms with Gasteiger partial charge in [0.25, 0.3) is 5.56 Å². The molecular formula is C14H21N7O5. The highest BCUT2D eigenvalue weighted by molar-refractivity contribution is 5.75. The molecular weight excluding hydrogens is 346 g/mol. The monoisotopic (exact) mass is 367 g/mol. The van der Waals surface area contributed by atoms with Crippen molar-refractivity contribution < 1.29 is 20.1 Å². The summed E-state index contributed by atoms with van der Waals surface area (Å²) in [6, 6.07) is 0. The van der Waals surface area contributed by atoms with Crippen LogP contribution in [0.4, 0.5) is 11.9 Å². The third-order valence-corrected chi connectivity index (χ3v) is 4.72. The van der Waals surface area contributed by atoms with Gasteiger partial charge in [0.2, 0.25) is 11.9 Å². The summed E-state index contributed by atoms with van der Waals surface area (Å²) in [5, 5.41) is 33.1. The Bertz CT molecular complexity index is 861. The van der Waals surface area contributed by atoms with Crippen molar-refractivity contribution in [1.29, 1.82) is 0 Å². The van der Waals surface area contributed by atoms with Gasteiger partial charge in [0, 0.05) is 26.2 Å². The number of hydrogen-bond donors (Lipinski definition) is 6. The topological polar surface area (TPSA) is 175 Å². The summed E-state index contributed by atoms with van der Waals surface area (Å²) in [6.07, 6.45) is -4.63. The second-order valence-electron chi connectivity index (χ2n) is 6.37. The summed E-state index contributed by atoms with van der Waals surface area (Å²) in [6.45, 7) is 2.26. The highest BCUT2D eigenvalue weighted by atomic mass is 16.6. The van der Waals surface area contributed by atoms with E-state index in [-0.39, 0.29) is 17.1 Å². The van der Waals surface area contributed by atoms with Crippen molar-refractivity contribution in [3.8, 4) is 0 Å². The Kier molecular flexibility index (Phi) is 4.28. The lowest BCUT2D eigenvalue weighted by atomic mass is 10.1. The van der Waals surface area contributed by atoms with Gasteiger partial charge in [0.05, 0.1) is 6.61 Å². The lowest BCUT2D eigenvalue weighted by Gasteiger charge is -2.30. The van der Waals surface area contributed by atoms with Gasteiger partial charge in [-0.1, -0.05) is 0 Å². The number of aromatic nitrogens is 4. The van der Waals surface area contributed by atoms with E-state index in [0.717, 1.165) is 13.1 Å². The van der Waals surface area contributed by atoms with Crippen LogP contribution in [0.15, 0.2) is 4.79 Å². The van der Waals surface area contributed by atoms with Crippen molar-refractivity contribution in [2.45, 2.75) is 24.5 Å². The predicted molar refractivity (Wildman–Crippen MR) is 90.7 cm³/mol. The smallest absolute Gasteiger partial charge is 0.280 e. The van der Waals surface area contributed by atoms with Crippen LogP contribution >= 0.6 is 0 Å². The lowest BCUT2D eigenvalue weighted by Crippen LogP contribution is -2.45. The molecule has 12 heteroatoms. The van der Waals surface area contributed by atoms with Gasteiger partial charge >= 0.3 is 0 Å². The summed E-state index contributed by atoms with van der Waals surface area (Å²) in [4.78, 5) is 25.1. The average Bonchev–Trinajstić information content (AvgIpc) is 3.14. The number of anilines is 2. The van der Waals surface area contributed by atoms with Crippen molar-refractivity contribution >= 4 is 23.1 Å². The Morgan fingerprint density at radius 2 is 1.96 bits per heavy atom. The van der Waals surface area contributed by atoms with E-state index in [2.05, 4.69) is 20.3 Å². The van der Waals surface area contributed by atoms with Crippen molar-refractivity contribution in [2.75, 3.05) is 43.4 Å². The Labute approximate surface area is 147 Å². The molecule has 2 aromatic heterocycles. The third-order valence-electron chi connectivity index (χ3n) is 4.72. The molecule has 2 saturated heterocycles. The fraction of sp³-hybridized carbons (Fsp3) is 0.643. The van der Waals surface area contributed by atoms with Crippen molar-refractivity contribution in [2.24, 2.45) is 0 Å². The highest BCUT2D eigenvalue weighted by Crippen LogP contribution is 2.35. The standard InChI is InChI=1S/C14H21N7O5/c15-13-18-10-7(11(25)19-13)17-14(20-3-1-16-2-4-20)21(10)12-9(24)8(23)6(5-22)26-12/h6,8-9,12,16,22-24H,1-5H2,(H3,15,18,19,25)/t6-,8+,9-,12+/m0/s1. The van der Waals surface area contributed by atoms with Gasteiger partial charge in [-0.2, -0.15) is 4.98 Å². The molecule has 4 heterocycles. The first-order valence-corrected chi connectivity index (χ1v) is 8.37. The minimum atomic E-state index is -1.33. The van der Waals surface area contributed by atoms with Crippen LogP contribution in [0.5, 0.6) is 0 Å². The molecule has 2 fully saturated rings. The number of ether oxygens (including phenoxy) is 1. The molecule has 0 aromatic carbocycles. The number of aromatic amines is 1. The van der Waals surface area contributed by atoms with Gasteiger partial charge in [0.15, 0.2) is 17.4 Å². The van der Waals surface area contributed by atoms with E-state index in [1.54, 1.807) is 0 Å². The number of nitrogens with one attached hydrogen (secondary N) is 2. The highest BCUT2D eigenvalue weighted by Gasteiger charge is 2.45. The maximum absolute atomic E-state index is 12.3. The van der Waals surface area contributed by atoms with Crippen LogP contribution in [-0.4, -0.2) is 85.9 Å². The zero-order valence-electron chi connectivity index (χ0n) is 13.9. The SMILES string of the molecule is Nc1nc2c(nc(N3CCNCC3)n2[C@@H]2O[C@@H](CO)[C@@H](O)[C@@H]2O)c(=O)[nH]1. The first-order valence-electron chi connectivity index (χ1n) is 8.37. The van der Waals surface area contributed by atoms with Crippen molar-refractivity contribution in [3.05, 3.63) is 10.4 Å². The van der Waals surface area contributed by atoms with Gasteiger partial charge in [-0.25, -0.2) is 4.98 Å². The van der Waals surface area contributed by atoms with E-state index in [1.165, 1.54) is 4.57 Å². The minimum Gasteiger partial charge on any atom is -0.394 e. The van der Waals surface area contributed by atoms with E-state index in [1.807, 2.05) is 4.90 Å². The number of rotatable bonds is 3. The van der Waals surface area contributed by atoms with E-state index >= 15 is 0 Å². The number of hydrogen-bond acceptors (Lipinski definition) is 10. The molecule has 2 aromatic rings. The second kappa shape index (κ2) is 6.48. The fourth-order valence-corrected chi connectivity index (χ4v) is 3.40. The Morgan fingerprint density at radius 1 is 1.23 bits per heavy atom. The van der Waals surface area contributed by atoms with Crippen LogP contribution < -0.4 is 21.5 Å². The lowest BCUT2D eigenvalue weighted by molar-refractivity contribution is -0.0504. The Balaban J connectivity index is 1.89. The number of nitrogens with two attached hydrogens (primary N) is 1. The molecule has 4 rings (SSSR count). The van der Waals surface area contributed by atoms with Crippen LogP contribution in [0.3, 0.4) is 0 Å². The van der Waals surface area contributed by atoms with Gasteiger partial charge in [0.1, 0.15) is 18.3 Å². The molecule has 0 spiro atoms. The number of imidazole rings is 1. The quantitative estimate of drug-likeness (QED) is 0.323. The van der Waals surface area contributed by atoms with Crippen LogP contribution in [0.2, 0.25) is 0 Å². The number of H-pyrrole nitrogens is 1. The minimum absolute atomic E-state index is 0.0606.